The highest BCUT2D eigenvalue weighted by atomic mass is 16.5. The second-order valence-electron chi connectivity index (χ2n) is 4.01. The summed E-state index contributed by atoms with van der Waals surface area (Å²) in [5, 5.41) is 4.91. The molecule has 2 N–H and O–H groups in total. The van der Waals surface area contributed by atoms with Crippen LogP contribution in [-0.2, 0) is 20.9 Å². The van der Waals surface area contributed by atoms with Gasteiger partial charge in [0.25, 0.3) is 0 Å². The van der Waals surface area contributed by atoms with Gasteiger partial charge in [0.15, 0.2) is 0 Å². The van der Waals surface area contributed by atoms with Gasteiger partial charge in [-0.1, -0.05) is 30.3 Å². The first-order valence-corrected chi connectivity index (χ1v) is 6.28. The Kier molecular flexibility index (Phi) is 7.49. The van der Waals surface area contributed by atoms with E-state index in [2.05, 4.69) is 10.6 Å². The molecule has 107 valence electrons. The van der Waals surface area contributed by atoms with E-state index in [9.17, 15) is 14.4 Å². The Balaban J connectivity index is 2.06. The highest BCUT2D eigenvalue weighted by Crippen LogP contribution is 2.00. The van der Waals surface area contributed by atoms with Crippen molar-refractivity contribution in [3.63, 3.8) is 0 Å². The fourth-order valence-corrected chi connectivity index (χ4v) is 1.44. The lowest BCUT2D eigenvalue weighted by molar-refractivity contribution is -0.120. The minimum atomic E-state index is -0.518. The number of rotatable bonds is 8. The topological polar surface area (TPSA) is 84.5 Å². The quantitative estimate of drug-likeness (QED) is 0.692. The summed E-state index contributed by atoms with van der Waals surface area (Å²) in [5.74, 6) is -0.243. The average Bonchev–Trinajstić information content (AvgIpc) is 2.48. The molecule has 1 radical (unpaired) electrons. The molecular weight excluding hydrogens is 260 g/mol. The highest BCUT2D eigenvalue weighted by Gasteiger charge is 2.03. The normalized spacial score (nSPS) is 9.60. The van der Waals surface area contributed by atoms with Crippen LogP contribution in [0.2, 0.25) is 0 Å². The van der Waals surface area contributed by atoms with Gasteiger partial charge in [0.1, 0.15) is 6.61 Å². The van der Waals surface area contributed by atoms with Gasteiger partial charge in [-0.3, -0.25) is 9.59 Å². The number of nitrogens with one attached hydrogen (secondary N) is 2. The lowest BCUT2D eigenvalue weighted by atomic mass is 10.2. The van der Waals surface area contributed by atoms with Gasteiger partial charge in [0, 0.05) is 13.0 Å². The molecule has 20 heavy (non-hydrogen) atoms. The lowest BCUT2D eigenvalue weighted by Gasteiger charge is -2.07. The van der Waals surface area contributed by atoms with Crippen molar-refractivity contribution in [3.05, 3.63) is 35.9 Å². The van der Waals surface area contributed by atoms with E-state index in [0.29, 0.717) is 13.0 Å². The van der Waals surface area contributed by atoms with Crippen LogP contribution in [0.3, 0.4) is 0 Å². The van der Waals surface area contributed by atoms with Crippen LogP contribution in [0, 0.1) is 0 Å². The van der Waals surface area contributed by atoms with E-state index < -0.39 is 6.09 Å². The molecule has 2 amide bonds. The summed E-state index contributed by atoms with van der Waals surface area (Å²) in [6.07, 6.45) is 1.76. The average molecular weight is 277 g/mol. The molecule has 6 nitrogen and oxygen atoms in total. The smallest absolute Gasteiger partial charge is 0.407 e. The molecule has 0 spiro atoms. The zero-order valence-corrected chi connectivity index (χ0v) is 11.1. The third kappa shape index (κ3) is 7.15. The van der Waals surface area contributed by atoms with E-state index in [1.807, 2.05) is 30.3 Å². The van der Waals surface area contributed by atoms with Gasteiger partial charge in [-0.15, -0.1) is 0 Å². The van der Waals surface area contributed by atoms with Crippen molar-refractivity contribution in [2.45, 2.75) is 19.4 Å². The summed E-state index contributed by atoms with van der Waals surface area (Å²) in [7, 11) is 0. The minimum Gasteiger partial charge on any atom is -0.445 e. The Morgan fingerprint density at radius 1 is 1.15 bits per heavy atom. The summed E-state index contributed by atoms with van der Waals surface area (Å²) >= 11 is 0. The number of ether oxygens (including phenoxy) is 1. The van der Waals surface area contributed by atoms with Gasteiger partial charge in [-0.25, -0.2) is 4.79 Å². The van der Waals surface area contributed by atoms with E-state index in [0.717, 1.165) is 5.56 Å². The largest absolute Gasteiger partial charge is 0.445 e. The molecule has 1 rings (SSSR count). The number of hydrogen-bond donors (Lipinski definition) is 2. The highest BCUT2D eigenvalue weighted by molar-refractivity contribution is 5.78. The first-order valence-electron chi connectivity index (χ1n) is 6.28. The lowest BCUT2D eigenvalue weighted by Crippen LogP contribution is -2.28. The third-order valence-corrected chi connectivity index (χ3v) is 2.42. The van der Waals surface area contributed by atoms with Crippen LogP contribution in [0.5, 0.6) is 0 Å². The molecule has 1 aromatic carbocycles. The van der Waals surface area contributed by atoms with Crippen LogP contribution in [0.25, 0.3) is 0 Å². The van der Waals surface area contributed by atoms with Gasteiger partial charge in [0.05, 0.1) is 6.54 Å². The van der Waals surface area contributed by atoms with Crippen molar-refractivity contribution in [1.82, 2.24) is 10.6 Å². The molecule has 0 saturated heterocycles. The summed E-state index contributed by atoms with van der Waals surface area (Å²) in [6.45, 7) is 0.444. The fraction of sp³-hybridized carbons (Fsp3) is 0.357. The summed E-state index contributed by atoms with van der Waals surface area (Å²) in [6, 6.07) is 9.35. The molecule has 0 fully saturated rings. The molecule has 0 aliphatic rings. The SMILES string of the molecule is O=[C]CNC(=O)CCCNC(=O)OCc1ccccc1. The Morgan fingerprint density at radius 2 is 1.90 bits per heavy atom. The van der Waals surface area contributed by atoms with Gasteiger partial charge >= 0.3 is 6.09 Å². The molecule has 0 heterocycles. The summed E-state index contributed by atoms with van der Waals surface area (Å²) in [5.41, 5.74) is 0.909. The van der Waals surface area contributed by atoms with E-state index >= 15 is 0 Å². The molecular formula is C14H17N2O4. The number of amides is 2. The summed E-state index contributed by atoms with van der Waals surface area (Å²) in [4.78, 5) is 32.4. The second-order valence-corrected chi connectivity index (χ2v) is 4.01. The van der Waals surface area contributed by atoms with E-state index in [1.165, 1.54) is 0 Å². The zero-order chi connectivity index (χ0) is 14.6. The van der Waals surface area contributed by atoms with Crippen LogP contribution < -0.4 is 10.6 Å². The Hall–Kier alpha value is -2.37. The van der Waals surface area contributed by atoms with Crippen LogP contribution in [0.1, 0.15) is 18.4 Å². The van der Waals surface area contributed by atoms with E-state index in [-0.39, 0.29) is 25.5 Å². The second kappa shape index (κ2) is 9.55. The maximum Gasteiger partial charge on any atom is 0.407 e. The van der Waals surface area contributed by atoms with Crippen molar-refractivity contribution in [2.75, 3.05) is 13.1 Å². The standard InChI is InChI=1S/C14H17N2O4/c17-10-9-15-13(18)7-4-8-16-14(19)20-11-12-5-2-1-3-6-12/h1-3,5-6H,4,7-9,11H2,(H,15,18)(H,16,19). The van der Waals surface area contributed by atoms with Crippen LogP contribution in [-0.4, -0.2) is 31.4 Å². The Morgan fingerprint density at radius 3 is 2.60 bits per heavy atom. The molecule has 0 aliphatic heterocycles. The van der Waals surface area contributed by atoms with Crippen LogP contribution in [0.4, 0.5) is 4.79 Å². The zero-order valence-electron chi connectivity index (χ0n) is 11.1. The van der Waals surface area contributed by atoms with E-state index in [1.54, 1.807) is 6.29 Å². The Labute approximate surface area is 117 Å². The molecule has 0 atom stereocenters. The monoisotopic (exact) mass is 277 g/mol. The first-order chi connectivity index (χ1) is 9.72. The minimum absolute atomic E-state index is 0.106. The molecule has 0 saturated carbocycles. The number of carbonyl (C=O) groups is 2. The molecule has 0 aromatic heterocycles. The van der Waals surface area contributed by atoms with Gasteiger partial charge in [-0.05, 0) is 12.0 Å². The van der Waals surface area contributed by atoms with Crippen molar-refractivity contribution < 1.29 is 19.1 Å². The van der Waals surface area contributed by atoms with Gasteiger partial charge in [0.2, 0.25) is 12.2 Å². The van der Waals surface area contributed by atoms with Crippen molar-refractivity contribution in [2.24, 2.45) is 0 Å². The number of alkyl carbamates (subject to hydrolysis) is 1. The van der Waals surface area contributed by atoms with Gasteiger partial charge in [-0.2, -0.15) is 0 Å². The predicted molar refractivity (Wildman–Crippen MR) is 72.6 cm³/mol. The van der Waals surface area contributed by atoms with Crippen molar-refractivity contribution >= 4 is 18.3 Å². The number of benzene rings is 1. The maximum atomic E-state index is 11.3. The third-order valence-electron chi connectivity index (χ3n) is 2.42. The first kappa shape index (κ1) is 15.7. The molecule has 0 aliphatic carbocycles. The number of hydrogen-bond acceptors (Lipinski definition) is 4. The van der Waals surface area contributed by atoms with Crippen LogP contribution in [0.15, 0.2) is 30.3 Å². The van der Waals surface area contributed by atoms with Crippen molar-refractivity contribution in [3.8, 4) is 0 Å². The number of carbonyl (C=O) groups excluding carboxylic acids is 3. The molecule has 1 aromatic rings. The summed E-state index contributed by atoms with van der Waals surface area (Å²) < 4.78 is 5.00. The predicted octanol–water partition coefficient (Wildman–Crippen LogP) is 0.919. The van der Waals surface area contributed by atoms with Gasteiger partial charge < -0.3 is 15.4 Å². The van der Waals surface area contributed by atoms with Crippen LogP contribution >= 0.6 is 0 Å². The molecule has 0 unspecified atom stereocenters. The fourth-order valence-electron chi connectivity index (χ4n) is 1.44. The Bertz CT molecular complexity index is 434. The molecule has 0 bridgehead atoms. The van der Waals surface area contributed by atoms with Crippen molar-refractivity contribution in [1.29, 1.82) is 0 Å². The maximum absolute atomic E-state index is 11.3. The molecule has 6 heteroatoms. The van der Waals surface area contributed by atoms with E-state index in [4.69, 9.17) is 4.74 Å².